The smallest absolute Gasteiger partial charge is 0.450 e. The standard InChI is InChI=1S/C16H26NO6P.C2H6/c1-3-4-5-9-12-22-16(18)17-15(13(2)23-24(19,20)21)14-10-7-6-8-11-14;1-2/h6-8,10-11,13,15H,3-5,9,12H2,1-2H3,(H,17,18)(H2,19,20,21);1-2H3/t13-,15+;/m0./s1. The summed E-state index contributed by atoms with van der Waals surface area (Å²) in [5.74, 6) is 0. The molecule has 150 valence electrons. The molecule has 1 aromatic carbocycles. The summed E-state index contributed by atoms with van der Waals surface area (Å²) in [5, 5.41) is 2.62. The van der Waals surface area contributed by atoms with Gasteiger partial charge in [-0.25, -0.2) is 9.36 Å². The maximum atomic E-state index is 11.9. The highest BCUT2D eigenvalue weighted by atomic mass is 31.2. The van der Waals surface area contributed by atoms with Crippen molar-refractivity contribution in [3.63, 3.8) is 0 Å². The summed E-state index contributed by atoms with van der Waals surface area (Å²) in [6.45, 7) is 7.89. The van der Waals surface area contributed by atoms with E-state index in [1.807, 2.05) is 13.8 Å². The van der Waals surface area contributed by atoms with Crippen molar-refractivity contribution in [2.75, 3.05) is 6.61 Å². The van der Waals surface area contributed by atoms with E-state index in [1.54, 1.807) is 30.3 Å². The lowest BCUT2D eigenvalue weighted by Crippen LogP contribution is -2.36. The molecule has 0 saturated heterocycles. The summed E-state index contributed by atoms with van der Waals surface area (Å²) in [4.78, 5) is 29.9. The topological polar surface area (TPSA) is 105 Å². The quantitative estimate of drug-likeness (QED) is 0.400. The molecule has 0 aliphatic carbocycles. The molecule has 1 rings (SSSR count). The van der Waals surface area contributed by atoms with Gasteiger partial charge in [0.2, 0.25) is 0 Å². The number of phosphoric acid groups is 1. The van der Waals surface area contributed by atoms with Crippen molar-refractivity contribution < 1.29 is 28.4 Å². The van der Waals surface area contributed by atoms with Crippen LogP contribution in [0.5, 0.6) is 0 Å². The molecule has 8 heteroatoms. The van der Waals surface area contributed by atoms with Gasteiger partial charge >= 0.3 is 13.9 Å². The molecule has 3 N–H and O–H groups in total. The second kappa shape index (κ2) is 13.8. The third-order valence-corrected chi connectivity index (χ3v) is 4.04. The molecule has 0 unspecified atom stereocenters. The number of benzene rings is 1. The van der Waals surface area contributed by atoms with Crippen LogP contribution in [0.4, 0.5) is 4.79 Å². The molecule has 1 amide bonds. The number of nitrogens with one attached hydrogen (secondary N) is 1. The largest absolute Gasteiger partial charge is 0.469 e. The summed E-state index contributed by atoms with van der Waals surface area (Å²) < 4.78 is 20.9. The van der Waals surface area contributed by atoms with Gasteiger partial charge in [0.25, 0.3) is 0 Å². The third kappa shape index (κ3) is 11.3. The van der Waals surface area contributed by atoms with Gasteiger partial charge in [-0.05, 0) is 18.9 Å². The molecule has 26 heavy (non-hydrogen) atoms. The molecule has 0 bridgehead atoms. The monoisotopic (exact) mass is 389 g/mol. The number of amides is 1. The predicted molar refractivity (Wildman–Crippen MR) is 102 cm³/mol. The molecule has 1 aromatic rings. The summed E-state index contributed by atoms with van der Waals surface area (Å²) >= 11 is 0. The van der Waals surface area contributed by atoms with E-state index in [2.05, 4.69) is 12.2 Å². The number of hydrogen-bond donors (Lipinski definition) is 3. The van der Waals surface area contributed by atoms with Gasteiger partial charge < -0.3 is 19.8 Å². The zero-order chi connectivity index (χ0) is 20.0. The third-order valence-electron chi connectivity index (χ3n) is 3.44. The van der Waals surface area contributed by atoms with Crippen molar-refractivity contribution in [1.29, 1.82) is 0 Å². The number of carbonyl (C=O) groups is 1. The van der Waals surface area contributed by atoms with Crippen molar-refractivity contribution >= 4 is 13.9 Å². The van der Waals surface area contributed by atoms with Crippen LogP contribution in [-0.2, 0) is 13.8 Å². The fraction of sp³-hybridized carbons (Fsp3) is 0.611. The normalized spacial score (nSPS) is 13.2. The SMILES string of the molecule is CC.CCCCCCOC(=O)N[C@@H](c1ccccc1)[C@H](C)OP(=O)(O)O. The van der Waals surface area contributed by atoms with E-state index in [9.17, 15) is 9.36 Å². The van der Waals surface area contributed by atoms with E-state index >= 15 is 0 Å². The van der Waals surface area contributed by atoms with Crippen LogP contribution in [0.3, 0.4) is 0 Å². The maximum Gasteiger partial charge on any atom is 0.469 e. The van der Waals surface area contributed by atoms with Crippen molar-refractivity contribution in [3.05, 3.63) is 35.9 Å². The van der Waals surface area contributed by atoms with Crippen molar-refractivity contribution in [3.8, 4) is 0 Å². The molecular weight excluding hydrogens is 357 g/mol. The van der Waals surface area contributed by atoms with Crippen molar-refractivity contribution in [2.24, 2.45) is 0 Å². The number of hydrogen-bond acceptors (Lipinski definition) is 4. The Morgan fingerprint density at radius 1 is 1.15 bits per heavy atom. The van der Waals surface area contributed by atoms with Gasteiger partial charge in [0.1, 0.15) is 0 Å². The van der Waals surface area contributed by atoms with Crippen LogP contribution in [-0.4, -0.2) is 28.6 Å². The summed E-state index contributed by atoms with van der Waals surface area (Å²) in [6.07, 6.45) is 2.39. The molecule has 0 aliphatic heterocycles. The zero-order valence-electron chi connectivity index (χ0n) is 16.1. The lowest BCUT2D eigenvalue weighted by Gasteiger charge is -2.25. The van der Waals surface area contributed by atoms with E-state index in [1.165, 1.54) is 6.92 Å². The van der Waals surface area contributed by atoms with Gasteiger partial charge in [-0.1, -0.05) is 70.4 Å². The van der Waals surface area contributed by atoms with E-state index in [0.717, 1.165) is 25.7 Å². The maximum absolute atomic E-state index is 11.9. The Bertz CT molecular complexity index is 534. The average molecular weight is 389 g/mol. The fourth-order valence-electron chi connectivity index (χ4n) is 2.27. The molecule has 0 spiro atoms. The van der Waals surface area contributed by atoms with Crippen LogP contribution >= 0.6 is 7.82 Å². The number of unbranched alkanes of at least 4 members (excludes halogenated alkanes) is 3. The lowest BCUT2D eigenvalue weighted by atomic mass is 10.0. The first-order valence-electron chi connectivity index (χ1n) is 9.05. The van der Waals surface area contributed by atoms with Crippen molar-refractivity contribution in [2.45, 2.75) is 65.5 Å². The van der Waals surface area contributed by atoms with Gasteiger partial charge in [-0.2, -0.15) is 0 Å². The second-order valence-corrected chi connectivity index (χ2v) is 6.72. The Kier molecular flexibility index (Phi) is 13.0. The number of carbonyl (C=O) groups excluding carboxylic acids is 1. The Balaban J connectivity index is 0.00000301. The van der Waals surface area contributed by atoms with Crippen LogP contribution in [0.2, 0.25) is 0 Å². The molecule has 0 heterocycles. The van der Waals surface area contributed by atoms with Crippen LogP contribution in [0.1, 0.15) is 65.0 Å². The first kappa shape index (κ1) is 24.6. The molecule has 0 aliphatic rings. The highest BCUT2D eigenvalue weighted by Crippen LogP contribution is 2.40. The minimum atomic E-state index is -4.67. The summed E-state index contributed by atoms with van der Waals surface area (Å²) in [5.41, 5.74) is 0.668. The van der Waals surface area contributed by atoms with Crippen LogP contribution in [0.25, 0.3) is 0 Å². The van der Waals surface area contributed by atoms with Crippen LogP contribution in [0.15, 0.2) is 30.3 Å². The molecule has 0 saturated carbocycles. The van der Waals surface area contributed by atoms with Gasteiger partial charge in [0.05, 0.1) is 18.8 Å². The minimum Gasteiger partial charge on any atom is -0.450 e. The first-order valence-corrected chi connectivity index (χ1v) is 10.6. The van der Waals surface area contributed by atoms with E-state index in [-0.39, 0.29) is 0 Å². The van der Waals surface area contributed by atoms with Gasteiger partial charge in [0, 0.05) is 0 Å². The number of ether oxygens (including phenoxy) is 1. The number of phosphoric ester groups is 1. The molecule has 0 radical (unpaired) electrons. The first-order chi connectivity index (χ1) is 12.3. The Morgan fingerprint density at radius 2 is 1.77 bits per heavy atom. The Labute approximate surface area is 156 Å². The van der Waals surface area contributed by atoms with Crippen molar-refractivity contribution in [1.82, 2.24) is 5.32 Å². The summed E-state index contributed by atoms with van der Waals surface area (Å²) in [6, 6.07) is 8.09. The van der Waals surface area contributed by atoms with Crippen LogP contribution < -0.4 is 5.32 Å². The number of alkyl carbamates (subject to hydrolysis) is 1. The number of rotatable bonds is 10. The van der Waals surface area contributed by atoms with E-state index < -0.39 is 26.1 Å². The molecule has 0 fully saturated rings. The summed E-state index contributed by atoms with van der Waals surface area (Å²) in [7, 11) is -4.67. The Hall–Kier alpha value is -1.40. The highest BCUT2D eigenvalue weighted by molar-refractivity contribution is 7.46. The van der Waals surface area contributed by atoms with Crippen LogP contribution in [0, 0.1) is 0 Å². The minimum absolute atomic E-state index is 0.307. The Morgan fingerprint density at radius 3 is 2.31 bits per heavy atom. The average Bonchev–Trinajstić information content (AvgIpc) is 2.60. The highest BCUT2D eigenvalue weighted by Gasteiger charge is 2.28. The zero-order valence-corrected chi connectivity index (χ0v) is 16.9. The molecule has 7 nitrogen and oxygen atoms in total. The van der Waals surface area contributed by atoms with Gasteiger partial charge in [-0.15, -0.1) is 0 Å². The fourth-order valence-corrected chi connectivity index (χ4v) is 2.83. The van der Waals surface area contributed by atoms with Gasteiger partial charge in [0.15, 0.2) is 0 Å². The van der Waals surface area contributed by atoms with Gasteiger partial charge in [-0.3, -0.25) is 4.52 Å². The molecule has 0 aromatic heterocycles. The predicted octanol–water partition coefficient (Wildman–Crippen LogP) is 4.56. The lowest BCUT2D eigenvalue weighted by molar-refractivity contribution is 0.0993. The molecule has 2 atom stereocenters. The second-order valence-electron chi connectivity index (χ2n) is 5.53. The van der Waals surface area contributed by atoms with E-state index in [4.69, 9.17) is 19.0 Å². The molecular formula is C18H32NO6P. The van der Waals surface area contributed by atoms with E-state index in [0.29, 0.717) is 12.2 Å².